The van der Waals surface area contributed by atoms with Crippen LogP contribution >= 0.6 is 0 Å². The number of nitro benzene ring substituents is 1. The van der Waals surface area contributed by atoms with Crippen molar-refractivity contribution in [3.8, 4) is 5.75 Å². The van der Waals surface area contributed by atoms with Crippen LogP contribution in [0, 0.1) is 10.1 Å². The highest BCUT2D eigenvalue weighted by Gasteiger charge is 2.22. The number of rotatable bonds is 4. The third-order valence-electron chi connectivity index (χ3n) is 2.71. The van der Waals surface area contributed by atoms with E-state index >= 15 is 0 Å². The Bertz CT molecular complexity index is 469. The summed E-state index contributed by atoms with van der Waals surface area (Å²) in [6.07, 6.45) is 0.647. The maximum absolute atomic E-state index is 10.9. The van der Waals surface area contributed by atoms with E-state index in [-0.39, 0.29) is 11.6 Å². The van der Waals surface area contributed by atoms with Crippen molar-refractivity contribution in [3.05, 3.63) is 33.4 Å². The third-order valence-corrected chi connectivity index (χ3v) is 2.71. The van der Waals surface area contributed by atoms with Crippen LogP contribution in [0.25, 0.3) is 0 Å². The summed E-state index contributed by atoms with van der Waals surface area (Å²) in [6, 6.07) is 2.08. The Labute approximate surface area is 97.7 Å². The van der Waals surface area contributed by atoms with E-state index in [9.17, 15) is 20.0 Å². The summed E-state index contributed by atoms with van der Waals surface area (Å²) in [5, 5.41) is 29.3. The largest absolute Gasteiger partial charge is 0.507 e. The first kappa shape index (κ1) is 13.0. The first-order valence-electron chi connectivity index (χ1n) is 5.13. The topological polar surface area (TPSA) is 101 Å². The summed E-state index contributed by atoms with van der Waals surface area (Å²) in [4.78, 5) is 20.9. The molecule has 1 aromatic carbocycles. The van der Waals surface area contributed by atoms with Crippen molar-refractivity contribution in [2.45, 2.75) is 26.2 Å². The van der Waals surface area contributed by atoms with Crippen LogP contribution in [0.5, 0.6) is 5.75 Å². The molecule has 0 saturated carbocycles. The molecule has 0 unspecified atom stereocenters. The van der Waals surface area contributed by atoms with E-state index in [4.69, 9.17) is 5.11 Å². The van der Waals surface area contributed by atoms with Crippen molar-refractivity contribution in [1.29, 1.82) is 0 Å². The fourth-order valence-electron chi connectivity index (χ4n) is 1.51. The summed E-state index contributed by atoms with van der Waals surface area (Å²) in [5.74, 6) is -1.92. The molecule has 1 aromatic rings. The normalized spacial score (nSPS) is 12.1. The zero-order chi connectivity index (χ0) is 13.2. The third kappa shape index (κ3) is 2.52. The lowest BCUT2D eigenvalue weighted by molar-refractivity contribution is -0.385. The van der Waals surface area contributed by atoms with Crippen LogP contribution in [0.1, 0.15) is 42.1 Å². The number of benzene rings is 1. The highest BCUT2D eigenvalue weighted by molar-refractivity contribution is 5.92. The number of aromatic carboxylic acids is 1. The van der Waals surface area contributed by atoms with Crippen molar-refractivity contribution in [1.82, 2.24) is 0 Å². The number of carbonyl (C=O) groups is 1. The Balaban J connectivity index is 3.48. The number of carboxylic acid groups (broad SMARTS) is 1. The van der Waals surface area contributed by atoms with Gasteiger partial charge in [-0.2, -0.15) is 0 Å². The molecule has 0 fully saturated rings. The van der Waals surface area contributed by atoms with Crippen molar-refractivity contribution in [3.63, 3.8) is 0 Å². The minimum absolute atomic E-state index is 0.145. The van der Waals surface area contributed by atoms with Gasteiger partial charge >= 0.3 is 5.97 Å². The Morgan fingerprint density at radius 1 is 1.53 bits per heavy atom. The van der Waals surface area contributed by atoms with Crippen LogP contribution in [0.4, 0.5) is 5.69 Å². The molecule has 0 aliphatic carbocycles. The molecule has 0 aliphatic heterocycles. The number of carboxylic acids is 1. The summed E-state index contributed by atoms with van der Waals surface area (Å²) >= 11 is 0. The molecule has 0 radical (unpaired) electrons. The second-order valence-electron chi connectivity index (χ2n) is 3.80. The SMILES string of the molecule is CC[C@H](C)c1cc([N+](=O)[O-])cc(C(=O)O)c1O. The molecule has 2 N–H and O–H groups in total. The van der Waals surface area contributed by atoms with E-state index in [1.807, 2.05) is 6.92 Å². The lowest BCUT2D eigenvalue weighted by Gasteiger charge is -2.12. The van der Waals surface area contributed by atoms with Gasteiger partial charge in [-0.1, -0.05) is 13.8 Å². The highest BCUT2D eigenvalue weighted by Crippen LogP contribution is 2.34. The zero-order valence-electron chi connectivity index (χ0n) is 9.51. The molecular weight excluding hydrogens is 226 g/mol. The number of hydrogen-bond acceptors (Lipinski definition) is 4. The molecular formula is C11H13NO5. The van der Waals surface area contributed by atoms with Crippen molar-refractivity contribution < 1.29 is 19.9 Å². The van der Waals surface area contributed by atoms with Gasteiger partial charge in [-0.25, -0.2) is 4.79 Å². The van der Waals surface area contributed by atoms with Gasteiger partial charge in [-0.15, -0.1) is 0 Å². The highest BCUT2D eigenvalue weighted by atomic mass is 16.6. The van der Waals surface area contributed by atoms with E-state index in [0.717, 1.165) is 6.07 Å². The molecule has 0 aromatic heterocycles. The molecule has 0 aliphatic rings. The Morgan fingerprint density at radius 3 is 2.53 bits per heavy atom. The van der Waals surface area contributed by atoms with Gasteiger partial charge in [0, 0.05) is 17.7 Å². The zero-order valence-corrected chi connectivity index (χ0v) is 9.51. The van der Waals surface area contributed by atoms with Crippen molar-refractivity contribution in [2.24, 2.45) is 0 Å². The standard InChI is InChI=1S/C11H13NO5/c1-3-6(2)8-4-7(12(16)17)5-9(10(8)13)11(14)15/h4-6,13H,3H2,1-2H3,(H,14,15)/t6-/m0/s1. The molecule has 6 heteroatoms. The van der Waals surface area contributed by atoms with E-state index in [2.05, 4.69) is 0 Å². The predicted octanol–water partition coefficient (Wildman–Crippen LogP) is 2.51. The summed E-state index contributed by atoms with van der Waals surface area (Å²) < 4.78 is 0. The molecule has 0 bridgehead atoms. The van der Waals surface area contributed by atoms with Gasteiger partial charge in [0.1, 0.15) is 11.3 Å². The molecule has 6 nitrogen and oxygen atoms in total. The van der Waals surface area contributed by atoms with Gasteiger partial charge < -0.3 is 10.2 Å². The second kappa shape index (κ2) is 4.82. The van der Waals surface area contributed by atoms with Crippen LogP contribution < -0.4 is 0 Å². The monoisotopic (exact) mass is 239 g/mol. The molecule has 1 rings (SSSR count). The lowest BCUT2D eigenvalue weighted by atomic mass is 9.94. The Morgan fingerprint density at radius 2 is 2.12 bits per heavy atom. The average Bonchev–Trinajstić information content (AvgIpc) is 2.27. The summed E-state index contributed by atoms with van der Waals surface area (Å²) in [5.41, 5.74) is -0.468. The van der Waals surface area contributed by atoms with E-state index in [1.54, 1.807) is 6.92 Å². The van der Waals surface area contributed by atoms with Gasteiger partial charge in [0.05, 0.1) is 4.92 Å². The Kier molecular flexibility index (Phi) is 3.67. The molecule has 0 heterocycles. The van der Waals surface area contributed by atoms with Gasteiger partial charge in [0.15, 0.2) is 0 Å². The Hall–Kier alpha value is -2.11. The van der Waals surface area contributed by atoms with Crippen LogP contribution in [0.15, 0.2) is 12.1 Å². The number of phenols is 1. The van der Waals surface area contributed by atoms with E-state index in [0.29, 0.717) is 12.0 Å². The molecule has 0 saturated heterocycles. The maximum Gasteiger partial charge on any atom is 0.339 e. The van der Waals surface area contributed by atoms with Gasteiger partial charge in [-0.3, -0.25) is 10.1 Å². The fourth-order valence-corrected chi connectivity index (χ4v) is 1.51. The number of non-ortho nitro benzene ring substituents is 1. The lowest BCUT2D eigenvalue weighted by Crippen LogP contribution is -2.03. The number of nitro groups is 1. The smallest absolute Gasteiger partial charge is 0.339 e. The quantitative estimate of drug-likeness (QED) is 0.621. The van der Waals surface area contributed by atoms with Gasteiger partial charge in [0.25, 0.3) is 5.69 Å². The number of nitrogens with zero attached hydrogens (tertiary/aromatic N) is 1. The maximum atomic E-state index is 10.9. The molecule has 92 valence electrons. The van der Waals surface area contributed by atoms with Gasteiger partial charge in [-0.05, 0) is 12.3 Å². The van der Waals surface area contributed by atoms with Crippen molar-refractivity contribution in [2.75, 3.05) is 0 Å². The molecule has 0 spiro atoms. The predicted molar refractivity (Wildman–Crippen MR) is 60.4 cm³/mol. The van der Waals surface area contributed by atoms with Crippen LogP contribution in [-0.4, -0.2) is 21.1 Å². The minimum Gasteiger partial charge on any atom is -0.507 e. The minimum atomic E-state index is -1.38. The second-order valence-corrected chi connectivity index (χ2v) is 3.80. The molecule has 0 amide bonds. The average molecular weight is 239 g/mol. The molecule has 1 atom stereocenters. The van der Waals surface area contributed by atoms with E-state index < -0.39 is 22.2 Å². The van der Waals surface area contributed by atoms with E-state index in [1.165, 1.54) is 6.07 Å². The fraction of sp³-hybridized carbons (Fsp3) is 0.364. The van der Waals surface area contributed by atoms with Crippen LogP contribution in [0.2, 0.25) is 0 Å². The van der Waals surface area contributed by atoms with Crippen LogP contribution in [0.3, 0.4) is 0 Å². The van der Waals surface area contributed by atoms with Crippen LogP contribution in [-0.2, 0) is 0 Å². The number of aromatic hydroxyl groups is 1. The van der Waals surface area contributed by atoms with Gasteiger partial charge in [0.2, 0.25) is 0 Å². The first-order valence-corrected chi connectivity index (χ1v) is 5.13. The first-order chi connectivity index (χ1) is 7.88. The molecule has 17 heavy (non-hydrogen) atoms. The number of hydrogen-bond donors (Lipinski definition) is 2. The summed E-state index contributed by atoms with van der Waals surface area (Å²) in [6.45, 7) is 3.62. The van der Waals surface area contributed by atoms with Crippen molar-refractivity contribution >= 4 is 11.7 Å². The summed E-state index contributed by atoms with van der Waals surface area (Å²) in [7, 11) is 0.